The third-order valence-corrected chi connectivity index (χ3v) is 4.87. The molecule has 1 aromatic rings. The molecule has 2 aliphatic rings. The van der Waals surface area contributed by atoms with Crippen LogP contribution in [0, 0.1) is 0 Å². The van der Waals surface area contributed by atoms with E-state index in [1.807, 2.05) is 35.2 Å². The summed E-state index contributed by atoms with van der Waals surface area (Å²) in [5, 5.41) is 12.2. The molecule has 130 valence electrons. The van der Waals surface area contributed by atoms with Crippen molar-refractivity contribution < 1.29 is 14.7 Å². The largest absolute Gasteiger partial charge is 0.396 e. The number of aliphatic hydroxyl groups is 1. The number of amides is 3. The predicted molar refractivity (Wildman–Crippen MR) is 91.8 cm³/mol. The van der Waals surface area contributed by atoms with Gasteiger partial charge in [-0.2, -0.15) is 0 Å². The second-order valence-electron chi connectivity index (χ2n) is 6.55. The van der Waals surface area contributed by atoms with Crippen LogP contribution in [0.25, 0.3) is 0 Å². The number of likely N-dealkylation sites (tertiary alicyclic amines) is 1. The van der Waals surface area contributed by atoms with Crippen LogP contribution in [0.3, 0.4) is 0 Å². The van der Waals surface area contributed by atoms with Crippen LogP contribution >= 0.6 is 0 Å². The van der Waals surface area contributed by atoms with Gasteiger partial charge in [0.25, 0.3) is 0 Å². The summed E-state index contributed by atoms with van der Waals surface area (Å²) >= 11 is 0. The molecule has 2 atom stereocenters. The topological polar surface area (TPSA) is 72.9 Å². The second kappa shape index (κ2) is 7.66. The van der Waals surface area contributed by atoms with Crippen LogP contribution in [0.5, 0.6) is 0 Å². The molecule has 0 saturated carbocycles. The highest BCUT2D eigenvalue weighted by Crippen LogP contribution is 2.23. The number of carbonyl (C=O) groups is 2. The standard InChI is InChI=1S/C18H25N3O3/c22-11-9-16-8-4-5-10-20(16)18(24)19-14-12-17(23)21(13-14)15-6-2-1-3-7-15/h1-3,6-7,14,16,22H,4-5,8-13H2,(H,19,24)/t14-,16+/m0/s1. The van der Waals surface area contributed by atoms with Crippen LogP contribution in [-0.4, -0.2) is 53.7 Å². The number of urea groups is 1. The lowest BCUT2D eigenvalue weighted by Crippen LogP contribution is -2.52. The Labute approximate surface area is 142 Å². The van der Waals surface area contributed by atoms with Gasteiger partial charge >= 0.3 is 6.03 Å². The highest BCUT2D eigenvalue weighted by Gasteiger charge is 2.34. The first kappa shape index (κ1) is 16.8. The van der Waals surface area contributed by atoms with Gasteiger partial charge in [-0.15, -0.1) is 0 Å². The van der Waals surface area contributed by atoms with Crippen LogP contribution in [0.4, 0.5) is 10.5 Å². The molecule has 1 aromatic carbocycles. The lowest BCUT2D eigenvalue weighted by atomic mass is 10.00. The summed E-state index contributed by atoms with van der Waals surface area (Å²) in [5.74, 6) is 0.0389. The summed E-state index contributed by atoms with van der Waals surface area (Å²) in [6.45, 7) is 1.32. The smallest absolute Gasteiger partial charge is 0.317 e. The monoisotopic (exact) mass is 331 g/mol. The number of benzene rings is 1. The van der Waals surface area contributed by atoms with E-state index in [0.717, 1.165) is 31.5 Å². The van der Waals surface area contributed by atoms with E-state index in [4.69, 9.17) is 0 Å². The molecule has 2 saturated heterocycles. The molecular formula is C18H25N3O3. The van der Waals surface area contributed by atoms with E-state index in [-0.39, 0.29) is 30.6 Å². The fourth-order valence-corrected chi connectivity index (χ4v) is 3.64. The van der Waals surface area contributed by atoms with Crippen molar-refractivity contribution in [2.24, 2.45) is 0 Å². The molecule has 0 aromatic heterocycles. The Kier molecular flexibility index (Phi) is 5.35. The molecule has 6 heteroatoms. The van der Waals surface area contributed by atoms with Crippen molar-refractivity contribution in [3.8, 4) is 0 Å². The van der Waals surface area contributed by atoms with E-state index < -0.39 is 0 Å². The first-order valence-corrected chi connectivity index (χ1v) is 8.72. The molecule has 2 N–H and O–H groups in total. The Bertz CT molecular complexity index is 576. The van der Waals surface area contributed by atoms with E-state index in [2.05, 4.69) is 5.32 Å². The third kappa shape index (κ3) is 3.70. The highest BCUT2D eigenvalue weighted by atomic mass is 16.3. The number of anilines is 1. The van der Waals surface area contributed by atoms with Gasteiger partial charge in [-0.25, -0.2) is 4.79 Å². The molecular weight excluding hydrogens is 306 g/mol. The third-order valence-electron chi connectivity index (χ3n) is 4.87. The minimum Gasteiger partial charge on any atom is -0.396 e. The van der Waals surface area contributed by atoms with Crippen LogP contribution in [0.1, 0.15) is 32.1 Å². The van der Waals surface area contributed by atoms with Crippen molar-refractivity contribution in [1.29, 1.82) is 0 Å². The number of nitrogens with zero attached hydrogens (tertiary/aromatic N) is 2. The number of hydrogen-bond acceptors (Lipinski definition) is 3. The fourth-order valence-electron chi connectivity index (χ4n) is 3.64. The van der Waals surface area contributed by atoms with Crippen LogP contribution in [0.15, 0.2) is 30.3 Å². The molecule has 0 spiro atoms. The van der Waals surface area contributed by atoms with Gasteiger partial charge in [0.05, 0.1) is 6.04 Å². The van der Waals surface area contributed by atoms with Gasteiger partial charge in [-0.1, -0.05) is 18.2 Å². The summed E-state index contributed by atoms with van der Waals surface area (Å²) in [6, 6.07) is 9.37. The Morgan fingerprint density at radius 3 is 2.79 bits per heavy atom. The van der Waals surface area contributed by atoms with Crippen molar-refractivity contribution in [3.63, 3.8) is 0 Å². The lowest BCUT2D eigenvalue weighted by Gasteiger charge is -2.36. The van der Waals surface area contributed by atoms with Crippen LogP contribution < -0.4 is 10.2 Å². The summed E-state index contributed by atoms with van der Waals surface area (Å²) < 4.78 is 0. The maximum atomic E-state index is 12.6. The zero-order valence-electron chi connectivity index (χ0n) is 13.9. The van der Waals surface area contributed by atoms with Gasteiger partial charge in [0.1, 0.15) is 0 Å². The summed E-state index contributed by atoms with van der Waals surface area (Å²) in [7, 11) is 0. The van der Waals surface area contributed by atoms with Gasteiger partial charge in [-0.05, 0) is 37.8 Å². The fraction of sp³-hybridized carbons (Fsp3) is 0.556. The quantitative estimate of drug-likeness (QED) is 0.883. The van der Waals surface area contributed by atoms with Crippen molar-refractivity contribution in [1.82, 2.24) is 10.2 Å². The number of hydrogen-bond donors (Lipinski definition) is 2. The molecule has 2 fully saturated rings. The number of piperidine rings is 1. The van der Waals surface area contributed by atoms with Crippen LogP contribution in [-0.2, 0) is 4.79 Å². The summed E-state index contributed by atoms with van der Waals surface area (Å²) in [6.07, 6.45) is 3.98. The molecule has 3 rings (SSSR count). The maximum Gasteiger partial charge on any atom is 0.317 e. The second-order valence-corrected chi connectivity index (χ2v) is 6.55. The Hall–Kier alpha value is -2.08. The lowest BCUT2D eigenvalue weighted by molar-refractivity contribution is -0.117. The zero-order valence-corrected chi connectivity index (χ0v) is 13.9. The molecule has 2 aliphatic heterocycles. The number of nitrogens with one attached hydrogen (secondary N) is 1. The van der Waals surface area contributed by atoms with Crippen molar-refractivity contribution in [2.45, 2.75) is 44.2 Å². The van der Waals surface area contributed by atoms with Gasteiger partial charge in [-0.3, -0.25) is 4.79 Å². The molecule has 0 radical (unpaired) electrons. The minimum absolute atomic E-state index is 0.0389. The number of aliphatic hydroxyl groups excluding tert-OH is 1. The van der Waals surface area contributed by atoms with Crippen LogP contribution in [0.2, 0.25) is 0 Å². The first-order valence-electron chi connectivity index (χ1n) is 8.72. The van der Waals surface area contributed by atoms with Gasteiger partial charge in [0, 0.05) is 37.8 Å². The summed E-state index contributed by atoms with van der Waals surface area (Å²) in [5.41, 5.74) is 0.871. The Morgan fingerprint density at radius 2 is 2.04 bits per heavy atom. The van der Waals surface area contributed by atoms with Gasteiger partial charge < -0.3 is 20.2 Å². The normalized spacial score (nSPS) is 24.3. The predicted octanol–water partition coefficient (Wildman–Crippen LogP) is 1.74. The highest BCUT2D eigenvalue weighted by molar-refractivity contribution is 5.96. The van der Waals surface area contributed by atoms with E-state index in [1.54, 1.807) is 4.90 Å². The SMILES string of the molecule is O=C1C[C@H](NC(=O)N2CCCC[C@@H]2CCO)CN1c1ccccc1. The molecule has 0 aliphatic carbocycles. The van der Waals surface area contributed by atoms with E-state index in [9.17, 15) is 14.7 Å². The number of para-hydroxylation sites is 1. The first-order chi connectivity index (χ1) is 11.7. The van der Waals surface area contributed by atoms with Gasteiger partial charge in [0.2, 0.25) is 5.91 Å². The molecule has 2 heterocycles. The van der Waals surface area contributed by atoms with E-state index >= 15 is 0 Å². The van der Waals surface area contributed by atoms with Crippen molar-refractivity contribution in [2.75, 3.05) is 24.6 Å². The zero-order chi connectivity index (χ0) is 16.9. The van der Waals surface area contributed by atoms with Gasteiger partial charge in [0.15, 0.2) is 0 Å². The average molecular weight is 331 g/mol. The molecule has 0 unspecified atom stereocenters. The Balaban J connectivity index is 1.60. The molecule has 3 amide bonds. The molecule has 0 bridgehead atoms. The molecule has 6 nitrogen and oxygen atoms in total. The number of rotatable bonds is 4. The van der Waals surface area contributed by atoms with Crippen molar-refractivity contribution >= 4 is 17.6 Å². The van der Waals surface area contributed by atoms with E-state index in [1.165, 1.54) is 0 Å². The molecule has 24 heavy (non-hydrogen) atoms. The van der Waals surface area contributed by atoms with Crippen molar-refractivity contribution in [3.05, 3.63) is 30.3 Å². The van der Waals surface area contributed by atoms with E-state index in [0.29, 0.717) is 19.4 Å². The summed E-state index contributed by atoms with van der Waals surface area (Å²) in [4.78, 5) is 28.4. The maximum absolute atomic E-state index is 12.6. The average Bonchev–Trinajstić information content (AvgIpc) is 2.96. The minimum atomic E-state index is -0.165. The number of carbonyl (C=O) groups excluding carboxylic acids is 2. The Morgan fingerprint density at radius 1 is 1.25 bits per heavy atom.